The standard InChI is InChI=1S/C25H28F3N3O3/c1-15-14-30(10-11-31(15)23(32)24(2,3)4)22-18-13-17(33-5)7-9-20(18)34-21-8-6-16(25(26,27)28)12-19(21)29-22/h6-9,12-13,15H,10-11,14H2,1-5H3/t15-/m1/s1. The number of benzene rings is 2. The molecule has 1 amide bonds. The van der Waals surface area contributed by atoms with Crippen molar-refractivity contribution in [2.75, 3.05) is 26.7 Å². The van der Waals surface area contributed by atoms with Gasteiger partial charge >= 0.3 is 6.18 Å². The van der Waals surface area contributed by atoms with Gasteiger partial charge in [-0.25, -0.2) is 4.99 Å². The van der Waals surface area contributed by atoms with Gasteiger partial charge in [-0.2, -0.15) is 13.2 Å². The van der Waals surface area contributed by atoms with Crippen LogP contribution >= 0.6 is 0 Å². The van der Waals surface area contributed by atoms with Gasteiger partial charge in [0.1, 0.15) is 23.0 Å². The van der Waals surface area contributed by atoms with Crippen LogP contribution in [0.25, 0.3) is 0 Å². The van der Waals surface area contributed by atoms with Crippen LogP contribution in [-0.2, 0) is 11.0 Å². The van der Waals surface area contributed by atoms with Crippen LogP contribution in [0.1, 0.15) is 38.8 Å². The first-order chi connectivity index (χ1) is 15.9. The van der Waals surface area contributed by atoms with E-state index >= 15 is 0 Å². The number of ether oxygens (including phenoxy) is 2. The van der Waals surface area contributed by atoms with Crippen molar-refractivity contribution in [3.8, 4) is 17.2 Å². The van der Waals surface area contributed by atoms with E-state index in [0.29, 0.717) is 42.5 Å². The predicted octanol–water partition coefficient (Wildman–Crippen LogP) is 5.48. The van der Waals surface area contributed by atoms with Crippen molar-refractivity contribution < 1.29 is 27.4 Å². The number of fused-ring (bicyclic) bond motifs is 2. The van der Waals surface area contributed by atoms with Crippen LogP contribution in [0.15, 0.2) is 41.4 Å². The summed E-state index contributed by atoms with van der Waals surface area (Å²) >= 11 is 0. The zero-order chi connectivity index (χ0) is 24.8. The topological polar surface area (TPSA) is 54.4 Å². The van der Waals surface area contributed by atoms with Gasteiger partial charge in [0.2, 0.25) is 5.91 Å². The SMILES string of the molecule is COc1ccc2c(c1)C(N1CCN(C(=O)C(C)(C)C)[C@H](C)C1)=Nc1cc(C(F)(F)F)ccc1O2. The fourth-order valence-corrected chi connectivity index (χ4v) is 4.18. The van der Waals surface area contributed by atoms with E-state index in [2.05, 4.69) is 4.99 Å². The summed E-state index contributed by atoms with van der Waals surface area (Å²) in [6, 6.07) is 8.39. The largest absolute Gasteiger partial charge is 0.497 e. The number of piperazine rings is 1. The maximum atomic E-state index is 13.4. The number of rotatable bonds is 1. The molecule has 0 bridgehead atoms. The van der Waals surface area contributed by atoms with Crippen molar-refractivity contribution in [1.29, 1.82) is 0 Å². The Morgan fingerprint density at radius 3 is 2.41 bits per heavy atom. The summed E-state index contributed by atoms with van der Waals surface area (Å²) in [4.78, 5) is 21.4. The van der Waals surface area contributed by atoms with Crippen LogP contribution in [0.2, 0.25) is 0 Å². The molecule has 0 saturated carbocycles. The number of amidine groups is 1. The van der Waals surface area contributed by atoms with Crippen LogP contribution in [-0.4, -0.2) is 54.3 Å². The van der Waals surface area contributed by atoms with Gasteiger partial charge < -0.3 is 19.3 Å². The Labute approximate surface area is 197 Å². The predicted molar refractivity (Wildman–Crippen MR) is 123 cm³/mol. The molecule has 2 aliphatic heterocycles. The quantitative estimate of drug-likeness (QED) is 0.548. The molecule has 0 aromatic heterocycles. The Balaban J connectivity index is 1.77. The van der Waals surface area contributed by atoms with Gasteiger partial charge in [0.15, 0.2) is 5.75 Å². The second-order valence-electron chi connectivity index (χ2n) is 9.62. The number of carbonyl (C=O) groups excluding carboxylic acids is 1. The monoisotopic (exact) mass is 475 g/mol. The van der Waals surface area contributed by atoms with Crippen molar-refractivity contribution in [2.45, 2.75) is 39.9 Å². The molecule has 182 valence electrons. The first-order valence-corrected chi connectivity index (χ1v) is 11.1. The lowest BCUT2D eigenvalue weighted by atomic mass is 9.93. The molecule has 0 N–H and O–H groups in total. The van der Waals surface area contributed by atoms with Crippen LogP contribution in [0.4, 0.5) is 18.9 Å². The number of amides is 1. The molecule has 0 unspecified atom stereocenters. The summed E-state index contributed by atoms with van der Waals surface area (Å²) < 4.78 is 51.5. The molecule has 34 heavy (non-hydrogen) atoms. The molecular weight excluding hydrogens is 447 g/mol. The molecule has 0 spiro atoms. The van der Waals surface area contributed by atoms with E-state index in [1.807, 2.05) is 37.5 Å². The summed E-state index contributed by atoms with van der Waals surface area (Å²) in [5, 5.41) is 0. The Hall–Kier alpha value is -3.23. The van der Waals surface area contributed by atoms with E-state index in [-0.39, 0.29) is 23.4 Å². The van der Waals surface area contributed by atoms with E-state index in [9.17, 15) is 18.0 Å². The number of alkyl halides is 3. The highest BCUT2D eigenvalue weighted by molar-refractivity contribution is 6.04. The fraction of sp³-hybridized carbons (Fsp3) is 0.440. The fourth-order valence-electron chi connectivity index (χ4n) is 4.18. The van der Waals surface area contributed by atoms with Gasteiger partial charge in [0.05, 0.1) is 18.2 Å². The van der Waals surface area contributed by atoms with Gasteiger partial charge in [0, 0.05) is 31.1 Å². The lowest BCUT2D eigenvalue weighted by molar-refractivity contribution is -0.143. The molecule has 0 radical (unpaired) electrons. The first kappa shape index (κ1) is 23.9. The summed E-state index contributed by atoms with van der Waals surface area (Å²) in [5.41, 5.74) is -0.583. The molecule has 0 aliphatic carbocycles. The highest BCUT2D eigenvalue weighted by atomic mass is 19.4. The van der Waals surface area contributed by atoms with Crippen molar-refractivity contribution >= 4 is 17.4 Å². The normalized spacial score (nSPS) is 18.4. The molecular formula is C25H28F3N3O3. The summed E-state index contributed by atoms with van der Waals surface area (Å²) in [7, 11) is 1.54. The Kier molecular flexibility index (Phi) is 5.99. The number of methoxy groups -OCH3 is 1. The van der Waals surface area contributed by atoms with Gasteiger partial charge in [0.25, 0.3) is 0 Å². The number of hydrogen-bond donors (Lipinski definition) is 0. The van der Waals surface area contributed by atoms with Crippen molar-refractivity contribution in [1.82, 2.24) is 9.80 Å². The maximum absolute atomic E-state index is 13.4. The highest BCUT2D eigenvalue weighted by Crippen LogP contribution is 2.42. The van der Waals surface area contributed by atoms with E-state index in [1.54, 1.807) is 25.3 Å². The molecule has 1 atom stereocenters. The van der Waals surface area contributed by atoms with Crippen molar-refractivity contribution in [3.05, 3.63) is 47.5 Å². The second-order valence-corrected chi connectivity index (χ2v) is 9.62. The van der Waals surface area contributed by atoms with Gasteiger partial charge in [-0.1, -0.05) is 20.8 Å². The summed E-state index contributed by atoms with van der Waals surface area (Å²) in [6.07, 6.45) is -4.50. The molecule has 2 aliphatic rings. The highest BCUT2D eigenvalue weighted by Gasteiger charge is 2.36. The minimum absolute atomic E-state index is 0.0630. The molecule has 2 aromatic carbocycles. The van der Waals surface area contributed by atoms with Crippen LogP contribution in [0.3, 0.4) is 0 Å². The van der Waals surface area contributed by atoms with E-state index in [1.165, 1.54) is 6.07 Å². The first-order valence-electron chi connectivity index (χ1n) is 11.1. The number of nitrogens with zero attached hydrogens (tertiary/aromatic N) is 3. The van der Waals surface area contributed by atoms with E-state index in [0.717, 1.165) is 12.1 Å². The smallest absolute Gasteiger partial charge is 0.416 e. The van der Waals surface area contributed by atoms with Gasteiger partial charge in [-0.05, 0) is 43.3 Å². The van der Waals surface area contributed by atoms with Crippen LogP contribution < -0.4 is 9.47 Å². The zero-order valence-corrected chi connectivity index (χ0v) is 19.9. The van der Waals surface area contributed by atoms with Crippen LogP contribution in [0, 0.1) is 5.41 Å². The number of halogens is 3. The lowest BCUT2D eigenvalue weighted by Crippen LogP contribution is -2.57. The second kappa shape index (κ2) is 8.52. The minimum atomic E-state index is -4.50. The molecule has 4 rings (SSSR count). The van der Waals surface area contributed by atoms with E-state index < -0.39 is 17.2 Å². The zero-order valence-electron chi connectivity index (χ0n) is 19.9. The average Bonchev–Trinajstić information content (AvgIpc) is 2.93. The molecule has 6 nitrogen and oxygen atoms in total. The lowest BCUT2D eigenvalue weighted by Gasteiger charge is -2.43. The Morgan fingerprint density at radius 2 is 1.79 bits per heavy atom. The molecule has 1 fully saturated rings. The maximum Gasteiger partial charge on any atom is 0.416 e. The summed E-state index contributed by atoms with van der Waals surface area (Å²) in [5.74, 6) is 1.84. The number of carbonyl (C=O) groups is 1. The number of aliphatic imine (C=N–C) groups is 1. The molecule has 2 heterocycles. The summed E-state index contributed by atoms with van der Waals surface area (Å²) in [6.45, 7) is 9.07. The average molecular weight is 476 g/mol. The molecule has 1 saturated heterocycles. The third kappa shape index (κ3) is 4.56. The van der Waals surface area contributed by atoms with Crippen molar-refractivity contribution in [2.24, 2.45) is 10.4 Å². The van der Waals surface area contributed by atoms with Gasteiger partial charge in [-0.3, -0.25) is 4.79 Å². The minimum Gasteiger partial charge on any atom is -0.497 e. The third-order valence-corrected chi connectivity index (χ3v) is 5.99. The Bertz CT molecular complexity index is 1140. The van der Waals surface area contributed by atoms with Crippen LogP contribution in [0.5, 0.6) is 17.2 Å². The van der Waals surface area contributed by atoms with Gasteiger partial charge in [-0.15, -0.1) is 0 Å². The van der Waals surface area contributed by atoms with Crippen molar-refractivity contribution in [3.63, 3.8) is 0 Å². The third-order valence-electron chi connectivity index (χ3n) is 5.99. The number of hydrogen-bond acceptors (Lipinski definition) is 5. The molecule has 9 heteroatoms. The van der Waals surface area contributed by atoms with E-state index in [4.69, 9.17) is 9.47 Å². The molecule has 2 aromatic rings. The Morgan fingerprint density at radius 1 is 1.09 bits per heavy atom.